The highest BCUT2D eigenvalue weighted by Crippen LogP contribution is 2.33. The fourth-order valence-corrected chi connectivity index (χ4v) is 3.23. The van der Waals surface area contributed by atoms with Crippen molar-refractivity contribution in [3.8, 4) is 0 Å². The van der Waals surface area contributed by atoms with E-state index < -0.39 is 17.1 Å². The highest BCUT2D eigenvalue weighted by atomic mass is 79.9. The lowest BCUT2D eigenvalue weighted by molar-refractivity contribution is -0.385. The fourth-order valence-electron chi connectivity index (χ4n) is 2.84. The van der Waals surface area contributed by atoms with Gasteiger partial charge in [0.1, 0.15) is 0 Å². The zero-order chi connectivity index (χ0) is 14.7. The Morgan fingerprint density at radius 1 is 1.35 bits per heavy atom. The van der Waals surface area contributed by atoms with Gasteiger partial charge in [-0.05, 0) is 46.3 Å². The number of benzene rings is 1. The minimum atomic E-state index is -0.643. The van der Waals surface area contributed by atoms with Crippen molar-refractivity contribution in [3.05, 3.63) is 38.3 Å². The van der Waals surface area contributed by atoms with E-state index in [0.717, 1.165) is 25.7 Å². The van der Waals surface area contributed by atoms with Gasteiger partial charge in [-0.2, -0.15) is 0 Å². The van der Waals surface area contributed by atoms with Crippen LogP contribution in [0.5, 0.6) is 0 Å². The first-order valence-electron chi connectivity index (χ1n) is 6.88. The summed E-state index contributed by atoms with van der Waals surface area (Å²) in [5, 5.41) is 21.3. The molecule has 1 fully saturated rings. The summed E-state index contributed by atoms with van der Waals surface area (Å²) in [6, 6.07) is 4.21. The van der Waals surface area contributed by atoms with Crippen molar-refractivity contribution in [2.75, 3.05) is 0 Å². The molecule has 6 heteroatoms. The van der Waals surface area contributed by atoms with Crippen molar-refractivity contribution in [1.82, 2.24) is 0 Å². The van der Waals surface area contributed by atoms with Gasteiger partial charge < -0.3 is 10.8 Å². The van der Waals surface area contributed by atoms with E-state index in [4.69, 9.17) is 5.73 Å². The van der Waals surface area contributed by atoms with Crippen LogP contribution in [0.25, 0.3) is 0 Å². The zero-order valence-corrected chi connectivity index (χ0v) is 12.8. The number of hydrogen-bond acceptors (Lipinski definition) is 4. The van der Waals surface area contributed by atoms with Crippen molar-refractivity contribution in [1.29, 1.82) is 0 Å². The number of aliphatic hydroxyl groups is 1. The number of rotatable bonds is 4. The molecule has 0 heterocycles. The Labute approximate surface area is 126 Å². The van der Waals surface area contributed by atoms with Gasteiger partial charge in [-0.3, -0.25) is 10.1 Å². The summed E-state index contributed by atoms with van der Waals surface area (Å²) >= 11 is 3.15. The van der Waals surface area contributed by atoms with Crippen molar-refractivity contribution >= 4 is 21.6 Å². The molecule has 2 atom stereocenters. The Morgan fingerprint density at radius 2 is 2.00 bits per heavy atom. The van der Waals surface area contributed by atoms with E-state index in [2.05, 4.69) is 15.9 Å². The fraction of sp³-hybridized carbons (Fsp3) is 0.571. The van der Waals surface area contributed by atoms with E-state index in [0.29, 0.717) is 10.0 Å². The Balaban J connectivity index is 2.17. The second kappa shape index (κ2) is 6.65. The third kappa shape index (κ3) is 3.37. The number of nitro groups is 1. The van der Waals surface area contributed by atoms with Crippen LogP contribution >= 0.6 is 15.9 Å². The van der Waals surface area contributed by atoms with Crippen LogP contribution in [0.2, 0.25) is 0 Å². The molecule has 20 heavy (non-hydrogen) atoms. The molecule has 0 amide bonds. The van der Waals surface area contributed by atoms with Gasteiger partial charge in [0.2, 0.25) is 0 Å². The first-order chi connectivity index (χ1) is 9.50. The smallest absolute Gasteiger partial charge is 0.283 e. The van der Waals surface area contributed by atoms with E-state index in [1.165, 1.54) is 12.5 Å². The SMILES string of the molecule is N[C@@H](c1ccc(Br)c([N+](=O)[O-])c1)[C@H](O)C1CCCCC1. The van der Waals surface area contributed by atoms with E-state index in [1.807, 2.05) is 0 Å². The molecule has 1 aromatic rings. The highest BCUT2D eigenvalue weighted by molar-refractivity contribution is 9.10. The van der Waals surface area contributed by atoms with Crippen LogP contribution in [-0.4, -0.2) is 16.1 Å². The zero-order valence-electron chi connectivity index (χ0n) is 11.2. The summed E-state index contributed by atoms with van der Waals surface area (Å²) in [5.41, 5.74) is 6.69. The molecule has 3 N–H and O–H groups in total. The molecule has 1 saturated carbocycles. The maximum absolute atomic E-state index is 10.9. The van der Waals surface area contributed by atoms with E-state index >= 15 is 0 Å². The summed E-state index contributed by atoms with van der Waals surface area (Å²) in [4.78, 5) is 10.5. The predicted molar refractivity (Wildman–Crippen MR) is 80.3 cm³/mol. The average Bonchev–Trinajstić information content (AvgIpc) is 2.47. The third-order valence-corrected chi connectivity index (χ3v) is 4.72. The molecule has 5 nitrogen and oxygen atoms in total. The van der Waals surface area contributed by atoms with Gasteiger partial charge in [-0.15, -0.1) is 0 Å². The predicted octanol–water partition coefficient (Wildman–Crippen LogP) is 3.30. The average molecular weight is 343 g/mol. The van der Waals surface area contributed by atoms with Gasteiger partial charge >= 0.3 is 0 Å². The number of aliphatic hydroxyl groups excluding tert-OH is 1. The Kier molecular flexibility index (Phi) is 5.12. The summed E-state index contributed by atoms with van der Waals surface area (Å²) in [7, 11) is 0. The van der Waals surface area contributed by atoms with Crippen LogP contribution < -0.4 is 5.73 Å². The van der Waals surface area contributed by atoms with Gasteiger partial charge in [0.15, 0.2) is 0 Å². The Morgan fingerprint density at radius 3 is 2.60 bits per heavy atom. The van der Waals surface area contributed by atoms with Crippen LogP contribution in [0.15, 0.2) is 22.7 Å². The number of nitro benzene ring substituents is 1. The lowest BCUT2D eigenvalue weighted by Crippen LogP contribution is -2.34. The minimum Gasteiger partial charge on any atom is -0.391 e. The van der Waals surface area contributed by atoms with Crippen molar-refractivity contribution < 1.29 is 10.0 Å². The molecule has 2 rings (SSSR count). The van der Waals surface area contributed by atoms with Crippen LogP contribution in [0, 0.1) is 16.0 Å². The summed E-state index contributed by atoms with van der Waals surface area (Å²) in [6.45, 7) is 0. The number of halogens is 1. The molecular weight excluding hydrogens is 324 g/mol. The van der Waals surface area contributed by atoms with Crippen molar-refractivity contribution in [2.24, 2.45) is 11.7 Å². The minimum absolute atomic E-state index is 0.0196. The normalized spacial score (nSPS) is 19.6. The first-order valence-corrected chi connectivity index (χ1v) is 7.67. The van der Waals surface area contributed by atoms with Gasteiger partial charge in [-0.1, -0.05) is 25.3 Å². The van der Waals surface area contributed by atoms with Crippen molar-refractivity contribution in [3.63, 3.8) is 0 Å². The monoisotopic (exact) mass is 342 g/mol. The molecule has 0 radical (unpaired) electrons. The molecule has 0 aliphatic heterocycles. The van der Waals surface area contributed by atoms with Crippen LogP contribution in [0.1, 0.15) is 43.7 Å². The number of hydrogen-bond donors (Lipinski definition) is 2. The maximum Gasteiger partial charge on any atom is 0.283 e. The van der Waals surface area contributed by atoms with Crippen LogP contribution in [0.3, 0.4) is 0 Å². The molecule has 1 aliphatic rings. The molecule has 0 unspecified atom stereocenters. The third-order valence-electron chi connectivity index (χ3n) is 4.05. The summed E-state index contributed by atoms with van der Waals surface area (Å²) < 4.78 is 0.422. The second-order valence-electron chi connectivity index (χ2n) is 5.38. The van der Waals surface area contributed by atoms with Crippen LogP contribution in [0.4, 0.5) is 5.69 Å². The second-order valence-corrected chi connectivity index (χ2v) is 6.24. The molecular formula is C14H19BrN2O3. The molecule has 0 spiro atoms. The number of nitrogens with zero attached hydrogens (tertiary/aromatic N) is 1. The largest absolute Gasteiger partial charge is 0.391 e. The van der Waals surface area contributed by atoms with E-state index in [9.17, 15) is 15.2 Å². The van der Waals surface area contributed by atoms with E-state index in [1.54, 1.807) is 12.1 Å². The number of nitrogens with two attached hydrogens (primary N) is 1. The maximum atomic E-state index is 10.9. The van der Waals surface area contributed by atoms with Gasteiger partial charge in [0, 0.05) is 6.07 Å². The van der Waals surface area contributed by atoms with Crippen LogP contribution in [-0.2, 0) is 0 Å². The summed E-state index contributed by atoms with van der Waals surface area (Å²) in [6.07, 6.45) is 4.77. The summed E-state index contributed by atoms with van der Waals surface area (Å²) in [5.74, 6) is 0.196. The lowest BCUT2D eigenvalue weighted by atomic mass is 9.81. The first kappa shape index (κ1) is 15.4. The Bertz CT molecular complexity index is 489. The lowest BCUT2D eigenvalue weighted by Gasteiger charge is -2.30. The Hall–Kier alpha value is -0.980. The van der Waals surface area contributed by atoms with Gasteiger partial charge in [-0.25, -0.2) is 0 Å². The quantitative estimate of drug-likeness (QED) is 0.648. The van der Waals surface area contributed by atoms with Crippen molar-refractivity contribution in [2.45, 2.75) is 44.2 Å². The molecule has 0 saturated heterocycles. The molecule has 1 aromatic carbocycles. The molecule has 110 valence electrons. The molecule has 0 bridgehead atoms. The van der Waals surface area contributed by atoms with Gasteiger partial charge in [0.05, 0.1) is 21.5 Å². The standard InChI is InChI=1S/C14H19BrN2O3/c15-11-7-6-10(8-12(11)17(19)20)13(16)14(18)9-4-2-1-3-5-9/h6-9,13-14,18H,1-5,16H2/t13-,14+/m0/s1. The molecule has 1 aliphatic carbocycles. The van der Waals surface area contributed by atoms with Gasteiger partial charge in [0.25, 0.3) is 5.69 Å². The van der Waals surface area contributed by atoms with E-state index in [-0.39, 0.29) is 11.6 Å². The topological polar surface area (TPSA) is 89.4 Å². The highest BCUT2D eigenvalue weighted by Gasteiger charge is 2.28. The molecule has 0 aromatic heterocycles.